The molecule has 5 nitrogen and oxygen atoms in total. The lowest BCUT2D eigenvalue weighted by Gasteiger charge is -2.10. The number of aryl methyl sites for hydroxylation is 1. The largest absolute Gasteiger partial charge is 0.494 e. The van der Waals surface area contributed by atoms with Gasteiger partial charge < -0.3 is 15.4 Å². The maximum absolute atomic E-state index is 13.7. The van der Waals surface area contributed by atoms with Crippen molar-refractivity contribution in [2.75, 3.05) is 24.8 Å². The number of halogens is 1. The molecule has 1 heterocycles. The molecule has 0 bridgehead atoms. The Labute approximate surface area is 123 Å². The van der Waals surface area contributed by atoms with E-state index in [1.54, 1.807) is 25.2 Å². The first kappa shape index (κ1) is 15.0. The summed E-state index contributed by atoms with van der Waals surface area (Å²) in [6, 6.07) is 6.47. The van der Waals surface area contributed by atoms with E-state index in [0.717, 1.165) is 24.5 Å². The molecule has 0 saturated carbocycles. The maximum atomic E-state index is 13.7. The number of nitrogens with zero attached hydrogens (tertiary/aromatic N) is 2. The minimum absolute atomic E-state index is 0.214. The molecule has 0 amide bonds. The summed E-state index contributed by atoms with van der Waals surface area (Å²) < 4.78 is 18.6. The lowest BCUT2D eigenvalue weighted by atomic mass is 10.3. The second kappa shape index (κ2) is 6.88. The third-order valence-electron chi connectivity index (χ3n) is 2.93. The zero-order valence-corrected chi connectivity index (χ0v) is 12.4. The minimum atomic E-state index is -0.417. The molecular formula is C15H19FN4O. The molecule has 6 heteroatoms. The van der Waals surface area contributed by atoms with Gasteiger partial charge in [0, 0.05) is 31.3 Å². The first-order valence-corrected chi connectivity index (χ1v) is 6.82. The highest BCUT2D eigenvalue weighted by molar-refractivity contribution is 5.60. The molecule has 0 fully saturated rings. The first-order chi connectivity index (χ1) is 10.2. The SMILES string of the molecule is CCCc1nc(NC)cc(Nc2ccc(OC)c(F)c2)n1. The molecule has 21 heavy (non-hydrogen) atoms. The number of methoxy groups -OCH3 is 1. The fraction of sp³-hybridized carbons (Fsp3) is 0.333. The van der Waals surface area contributed by atoms with Gasteiger partial charge in [-0.15, -0.1) is 0 Å². The first-order valence-electron chi connectivity index (χ1n) is 6.82. The van der Waals surface area contributed by atoms with Crippen LogP contribution in [-0.2, 0) is 6.42 Å². The van der Waals surface area contributed by atoms with Gasteiger partial charge in [0.25, 0.3) is 0 Å². The Morgan fingerprint density at radius 3 is 2.57 bits per heavy atom. The monoisotopic (exact) mass is 290 g/mol. The van der Waals surface area contributed by atoms with Gasteiger partial charge in [0.15, 0.2) is 11.6 Å². The van der Waals surface area contributed by atoms with Crippen molar-refractivity contribution in [1.29, 1.82) is 0 Å². The summed E-state index contributed by atoms with van der Waals surface area (Å²) in [5, 5.41) is 6.08. The molecule has 0 radical (unpaired) electrons. The van der Waals surface area contributed by atoms with Gasteiger partial charge in [-0.25, -0.2) is 14.4 Å². The summed E-state index contributed by atoms with van der Waals surface area (Å²) in [5.74, 6) is 1.90. The van der Waals surface area contributed by atoms with Gasteiger partial charge in [-0.3, -0.25) is 0 Å². The van der Waals surface area contributed by atoms with Crippen molar-refractivity contribution in [2.24, 2.45) is 0 Å². The van der Waals surface area contributed by atoms with Crippen molar-refractivity contribution in [3.63, 3.8) is 0 Å². The van der Waals surface area contributed by atoms with E-state index in [1.807, 2.05) is 0 Å². The van der Waals surface area contributed by atoms with E-state index in [2.05, 4.69) is 27.5 Å². The van der Waals surface area contributed by atoms with E-state index in [4.69, 9.17) is 4.74 Å². The molecule has 0 aliphatic rings. The second-order valence-corrected chi connectivity index (χ2v) is 4.53. The third kappa shape index (κ3) is 3.81. The maximum Gasteiger partial charge on any atom is 0.167 e. The topological polar surface area (TPSA) is 59.1 Å². The molecule has 0 spiro atoms. The normalized spacial score (nSPS) is 10.3. The van der Waals surface area contributed by atoms with Gasteiger partial charge in [-0.2, -0.15) is 0 Å². The van der Waals surface area contributed by atoms with Gasteiger partial charge in [-0.05, 0) is 18.6 Å². The average Bonchev–Trinajstić information content (AvgIpc) is 2.47. The molecule has 112 valence electrons. The summed E-state index contributed by atoms with van der Waals surface area (Å²) in [4.78, 5) is 8.79. The molecule has 0 unspecified atom stereocenters. The Kier molecular flexibility index (Phi) is 4.92. The Balaban J connectivity index is 2.25. The molecule has 0 aliphatic heterocycles. The number of hydrogen-bond acceptors (Lipinski definition) is 5. The van der Waals surface area contributed by atoms with Crippen LogP contribution in [0.15, 0.2) is 24.3 Å². The molecule has 0 atom stereocenters. The lowest BCUT2D eigenvalue weighted by Crippen LogP contribution is -2.04. The van der Waals surface area contributed by atoms with Gasteiger partial charge >= 0.3 is 0 Å². The Bertz CT molecular complexity index is 619. The van der Waals surface area contributed by atoms with E-state index in [1.165, 1.54) is 13.2 Å². The molecule has 1 aromatic carbocycles. The van der Waals surface area contributed by atoms with E-state index < -0.39 is 5.82 Å². The van der Waals surface area contributed by atoms with Crippen LogP contribution in [0.1, 0.15) is 19.2 Å². The molecule has 2 rings (SSSR count). The van der Waals surface area contributed by atoms with E-state index in [0.29, 0.717) is 11.5 Å². The number of ether oxygens (including phenoxy) is 1. The fourth-order valence-electron chi connectivity index (χ4n) is 1.92. The van der Waals surface area contributed by atoms with Crippen LogP contribution >= 0.6 is 0 Å². The third-order valence-corrected chi connectivity index (χ3v) is 2.93. The van der Waals surface area contributed by atoms with Crippen LogP contribution in [0, 0.1) is 5.82 Å². The van der Waals surface area contributed by atoms with Crippen molar-refractivity contribution in [1.82, 2.24) is 9.97 Å². The highest BCUT2D eigenvalue weighted by atomic mass is 19.1. The Morgan fingerprint density at radius 1 is 1.19 bits per heavy atom. The Hall–Kier alpha value is -2.37. The number of nitrogens with one attached hydrogen (secondary N) is 2. The van der Waals surface area contributed by atoms with Gasteiger partial charge in [-0.1, -0.05) is 6.92 Å². The highest BCUT2D eigenvalue weighted by Gasteiger charge is 2.07. The standard InChI is InChI=1S/C15H19FN4O/c1-4-5-13-19-14(17-2)9-15(20-13)18-10-6-7-12(21-3)11(16)8-10/h6-9H,4-5H2,1-3H3,(H2,17,18,19,20). The minimum Gasteiger partial charge on any atom is -0.494 e. The van der Waals surface area contributed by atoms with Crippen LogP contribution in [0.25, 0.3) is 0 Å². The number of benzene rings is 1. The van der Waals surface area contributed by atoms with Gasteiger partial charge in [0.1, 0.15) is 17.5 Å². The van der Waals surface area contributed by atoms with Crippen molar-refractivity contribution < 1.29 is 9.13 Å². The fourth-order valence-corrected chi connectivity index (χ4v) is 1.92. The van der Waals surface area contributed by atoms with Crippen molar-refractivity contribution in [3.8, 4) is 5.75 Å². The molecular weight excluding hydrogens is 271 g/mol. The van der Waals surface area contributed by atoms with Crippen LogP contribution in [0.2, 0.25) is 0 Å². The van der Waals surface area contributed by atoms with Crippen LogP contribution in [0.4, 0.5) is 21.7 Å². The predicted molar refractivity (Wildman–Crippen MR) is 81.8 cm³/mol. The predicted octanol–water partition coefficient (Wildman–Crippen LogP) is 3.36. The zero-order chi connectivity index (χ0) is 15.2. The molecule has 0 saturated heterocycles. The van der Waals surface area contributed by atoms with E-state index in [9.17, 15) is 4.39 Å². The summed E-state index contributed by atoms with van der Waals surface area (Å²) in [6.45, 7) is 2.07. The molecule has 1 aromatic heterocycles. The summed E-state index contributed by atoms with van der Waals surface area (Å²) in [7, 11) is 3.24. The van der Waals surface area contributed by atoms with Crippen molar-refractivity contribution in [2.45, 2.75) is 19.8 Å². The van der Waals surface area contributed by atoms with Crippen molar-refractivity contribution >= 4 is 17.3 Å². The van der Waals surface area contributed by atoms with Crippen molar-refractivity contribution in [3.05, 3.63) is 35.9 Å². The highest BCUT2D eigenvalue weighted by Crippen LogP contribution is 2.23. The smallest absolute Gasteiger partial charge is 0.167 e. The molecule has 0 aliphatic carbocycles. The second-order valence-electron chi connectivity index (χ2n) is 4.53. The van der Waals surface area contributed by atoms with E-state index >= 15 is 0 Å². The number of aromatic nitrogens is 2. The average molecular weight is 290 g/mol. The Morgan fingerprint density at radius 2 is 1.95 bits per heavy atom. The van der Waals surface area contributed by atoms with Gasteiger partial charge in [0.2, 0.25) is 0 Å². The zero-order valence-electron chi connectivity index (χ0n) is 12.4. The number of hydrogen-bond donors (Lipinski definition) is 2. The van der Waals surface area contributed by atoms with Crippen LogP contribution < -0.4 is 15.4 Å². The lowest BCUT2D eigenvalue weighted by molar-refractivity contribution is 0.386. The van der Waals surface area contributed by atoms with Crippen LogP contribution in [-0.4, -0.2) is 24.1 Å². The summed E-state index contributed by atoms with van der Waals surface area (Å²) in [6.07, 6.45) is 1.75. The van der Waals surface area contributed by atoms with Crippen LogP contribution in [0.5, 0.6) is 5.75 Å². The van der Waals surface area contributed by atoms with Crippen LogP contribution in [0.3, 0.4) is 0 Å². The molecule has 2 aromatic rings. The van der Waals surface area contributed by atoms with E-state index in [-0.39, 0.29) is 5.75 Å². The summed E-state index contributed by atoms with van der Waals surface area (Å²) >= 11 is 0. The number of rotatable bonds is 6. The number of anilines is 3. The quantitative estimate of drug-likeness (QED) is 0.854. The summed E-state index contributed by atoms with van der Waals surface area (Å²) in [5.41, 5.74) is 0.608. The van der Waals surface area contributed by atoms with Gasteiger partial charge in [0.05, 0.1) is 7.11 Å². The molecule has 2 N–H and O–H groups in total.